The molecule has 0 aromatic heterocycles. The van der Waals surface area contributed by atoms with Crippen LogP contribution in [0, 0.1) is 0 Å². The predicted octanol–water partition coefficient (Wildman–Crippen LogP) is 1.99. The minimum absolute atomic E-state index is 0.130. The zero-order valence-corrected chi connectivity index (χ0v) is 11.2. The van der Waals surface area contributed by atoms with Gasteiger partial charge in [-0.3, -0.25) is 0 Å². The molecular weight excluding hydrogens is 262 g/mol. The van der Waals surface area contributed by atoms with Gasteiger partial charge in [0, 0.05) is 6.54 Å². The molecule has 1 aromatic rings. The Balaban J connectivity index is 1.97. The van der Waals surface area contributed by atoms with E-state index < -0.39 is 12.1 Å². The molecular formula is C14H17NO5. The topological polar surface area (TPSA) is 76.1 Å². The largest absolute Gasteiger partial charge is 0.491 e. The van der Waals surface area contributed by atoms with Gasteiger partial charge >= 0.3 is 12.1 Å². The van der Waals surface area contributed by atoms with E-state index in [4.69, 9.17) is 9.84 Å². The van der Waals surface area contributed by atoms with Crippen molar-refractivity contribution in [3.63, 3.8) is 0 Å². The fraction of sp³-hybridized carbons (Fsp3) is 0.429. The van der Waals surface area contributed by atoms with E-state index in [2.05, 4.69) is 4.74 Å². The lowest BCUT2D eigenvalue weighted by molar-refractivity contribution is 0.0600. The molecule has 1 heterocycles. The molecule has 1 saturated heterocycles. The summed E-state index contributed by atoms with van der Waals surface area (Å²) >= 11 is 0. The molecule has 6 nitrogen and oxygen atoms in total. The van der Waals surface area contributed by atoms with Crippen molar-refractivity contribution in [3.8, 4) is 5.75 Å². The average molecular weight is 279 g/mol. The first-order valence-corrected chi connectivity index (χ1v) is 6.42. The third-order valence-electron chi connectivity index (χ3n) is 3.32. The van der Waals surface area contributed by atoms with Crippen molar-refractivity contribution in [2.45, 2.75) is 18.9 Å². The summed E-state index contributed by atoms with van der Waals surface area (Å²) in [5.41, 5.74) is 0.409. The second-order valence-corrected chi connectivity index (χ2v) is 4.60. The fourth-order valence-electron chi connectivity index (χ4n) is 2.28. The zero-order valence-electron chi connectivity index (χ0n) is 11.2. The summed E-state index contributed by atoms with van der Waals surface area (Å²) in [6.45, 7) is 0.836. The van der Waals surface area contributed by atoms with E-state index in [1.807, 2.05) is 0 Å². The van der Waals surface area contributed by atoms with Crippen LogP contribution in [-0.4, -0.2) is 48.4 Å². The summed E-state index contributed by atoms with van der Waals surface area (Å²) in [4.78, 5) is 23.8. The molecule has 1 fully saturated rings. The van der Waals surface area contributed by atoms with Crippen LogP contribution in [0.25, 0.3) is 0 Å². The summed E-state index contributed by atoms with van der Waals surface area (Å²) in [6.07, 6.45) is 0.727. The molecule has 20 heavy (non-hydrogen) atoms. The number of likely N-dealkylation sites (tertiary alicyclic amines) is 1. The molecule has 108 valence electrons. The van der Waals surface area contributed by atoms with Crippen LogP contribution in [0.2, 0.25) is 0 Å². The Kier molecular flexibility index (Phi) is 4.45. The van der Waals surface area contributed by atoms with E-state index in [0.717, 1.165) is 12.8 Å². The molecule has 1 aromatic carbocycles. The number of carbonyl (C=O) groups excluding carboxylic acids is 1. The van der Waals surface area contributed by atoms with E-state index in [0.29, 0.717) is 17.9 Å². The van der Waals surface area contributed by atoms with Crippen molar-refractivity contribution in [1.82, 2.24) is 4.90 Å². The van der Waals surface area contributed by atoms with Gasteiger partial charge in [0.25, 0.3) is 0 Å². The maximum Gasteiger partial charge on any atom is 0.407 e. The Morgan fingerprint density at radius 1 is 1.45 bits per heavy atom. The highest BCUT2D eigenvalue weighted by molar-refractivity contribution is 5.89. The fourth-order valence-corrected chi connectivity index (χ4v) is 2.28. The zero-order chi connectivity index (χ0) is 14.5. The summed E-state index contributed by atoms with van der Waals surface area (Å²) in [7, 11) is 1.32. The van der Waals surface area contributed by atoms with Gasteiger partial charge in [-0.25, -0.2) is 9.59 Å². The number of esters is 1. The average Bonchev–Trinajstić information content (AvgIpc) is 2.93. The standard InChI is InChI=1S/C14H17NO5/c1-19-13(16)10-4-2-6-12(8-10)20-9-11-5-3-7-15(11)14(17)18/h2,4,6,8,11H,3,5,7,9H2,1H3,(H,17,18)/t11-/m0/s1. The van der Waals surface area contributed by atoms with Gasteiger partial charge < -0.3 is 19.5 Å². The number of carbonyl (C=O) groups is 2. The van der Waals surface area contributed by atoms with Crippen molar-refractivity contribution < 1.29 is 24.2 Å². The third-order valence-corrected chi connectivity index (χ3v) is 3.32. The maximum absolute atomic E-state index is 11.4. The van der Waals surface area contributed by atoms with Crippen LogP contribution in [0.3, 0.4) is 0 Å². The highest BCUT2D eigenvalue weighted by atomic mass is 16.5. The Morgan fingerprint density at radius 3 is 2.95 bits per heavy atom. The molecule has 1 atom stereocenters. The first-order valence-electron chi connectivity index (χ1n) is 6.42. The molecule has 6 heteroatoms. The third kappa shape index (κ3) is 3.20. The molecule has 0 saturated carbocycles. The van der Waals surface area contributed by atoms with Gasteiger partial charge in [0.05, 0.1) is 18.7 Å². The van der Waals surface area contributed by atoms with E-state index in [-0.39, 0.29) is 12.6 Å². The van der Waals surface area contributed by atoms with Crippen molar-refractivity contribution in [1.29, 1.82) is 0 Å². The number of methoxy groups -OCH3 is 1. The van der Waals surface area contributed by atoms with Crippen LogP contribution < -0.4 is 4.74 Å². The minimum Gasteiger partial charge on any atom is -0.491 e. The second-order valence-electron chi connectivity index (χ2n) is 4.60. The molecule has 0 aliphatic carbocycles. The molecule has 0 radical (unpaired) electrons. The number of amides is 1. The van der Waals surface area contributed by atoms with Gasteiger partial charge in [-0.1, -0.05) is 6.07 Å². The quantitative estimate of drug-likeness (QED) is 0.853. The lowest BCUT2D eigenvalue weighted by atomic mass is 10.2. The van der Waals surface area contributed by atoms with Crippen molar-refractivity contribution in [2.75, 3.05) is 20.3 Å². The molecule has 1 aliphatic rings. The van der Waals surface area contributed by atoms with Gasteiger partial charge in [0.1, 0.15) is 12.4 Å². The number of carboxylic acid groups (broad SMARTS) is 1. The number of hydrogen-bond acceptors (Lipinski definition) is 4. The smallest absolute Gasteiger partial charge is 0.407 e. The van der Waals surface area contributed by atoms with E-state index in [9.17, 15) is 9.59 Å². The van der Waals surface area contributed by atoms with E-state index in [1.165, 1.54) is 12.0 Å². The second kappa shape index (κ2) is 6.27. The van der Waals surface area contributed by atoms with Gasteiger partial charge in [0.15, 0.2) is 0 Å². The van der Waals surface area contributed by atoms with Crippen molar-refractivity contribution in [3.05, 3.63) is 29.8 Å². The number of nitrogens with zero attached hydrogens (tertiary/aromatic N) is 1. The first kappa shape index (κ1) is 14.2. The highest BCUT2D eigenvalue weighted by Gasteiger charge is 2.28. The Morgan fingerprint density at radius 2 is 2.25 bits per heavy atom. The van der Waals surface area contributed by atoms with Crippen LogP contribution in [0.1, 0.15) is 23.2 Å². The van der Waals surface area contributed by atoms with Crippen molar-refractivity contribution in [2.24, 2.45) is 0 Å². The van der Waals surface area contributed by atoms with Gasteiger partial charge in [0.2, 0.25) is 0 Å². The monoisotopic (exact) mass is 279 g/mol. The summed E-state index contributed by atoms with van der Waals surface area (Å²) in [5.74, 6) is 0.105. The van der Waals surface area contributed by atoms with Crippen LogP contribution in [0.4, 0.5) is 4.79 Å². The molecule has 0 spiro atoms. The van der Waals surface area contributed by atoms with Crippen molar-refractivity contribution >= 4 is 12.1 Å². The molecule has 0 bridgehead atoms. The van der Waals surface area contributed by atoms with E-state index in [1.54, 1.807) is 24.3 Å². The van der Waals surface area contributed by atoms with Gasteiger partial charge in [-0.15, -0.1) is 0 Å². The SMILES string of the molecule is COC(=O)c1cccc(OC[C@@H]2CCCN2C(=O)O)c1. The Bertz CT molecular complexity index is 502. The summed E-state index contributed by atoms with van der Waals surface area (Å²) in [5, 5.41) is 9.04. The maximum atomic E-state index is 11.4. The summed E-state index contributed by atoms with van der Waals surface area (Å²) < 4.78 is 10.2. The Labute approximate surface area is 116 Å². The van der Waals surface area contributed by atoms with E-state index >= 15 is 0 Å². The minimum atomic E-state index is -0.917. The number of hydrogen-bond donors (Lipinski definition) is 1. The lowest BCUT2D eigenvalue weighted by Crippen LogP contribution is -2.38. The number of benzene rings is 1. The molecule has 0 unspecified atom stereocenters. The first-order chi connectivity index (χ1) is 9.61. The molecule has 1 N–H and O–H groups in total. The van der Waals surface area contributed by atoms with Crippen LogP contribution in [-0.2, 0) is 4.74 Å². The lowest BCUT2D eigenvalue weighted by Gasteiger charge is -2.21. The Hall–Kier alpha value is -2.24. The van der Waals surface area contributed by atoms with Crippen LogP contribution in [0.5, 0.6) is 5.75 Å². The number of ether oxygens (including phenoxy) is 2. The van der Waals surface area contributed by atoms with Crippen LogP contribution >= 0.6 is 0 Å². The molecule has 1 amide bonds. The normalized spacial score (nSPS) is 17.9. The predicted molar refractivity (Wildman–Crippen MR) is 71.0 cm³/mol. The van der Waals surface area contributed by atoms with Crippen LogP contribution in [0.15, 0.2) is 24.3 Å². The molecule has 1 aliphatic heterocycles. The highest BCUT2D eigenvalue weighted by Crippen LogP contribution is 2.20. The van der Waals surface area contributed by atoms with Gasteiger partial charge in [-0.2, -0.15) is 0 Å². The van der Waals surface area contributed by atoms with Gasteiger partial charge in [-0.05, 0) is 31.0 Å². The molecule has 2 rings (SSSR count). The summed E-state index contributed by atoms with van der Waals surface area (Å²) in [6, 6.07) is 6.52. The number of rotatable bonds is 4.